The Labute approximate surface area is 134 Å². The zero-order valence-corrected chi connectivity index (χ0v) is 14.1. The predicted molar refractivity (Wildman–Crippen MR) is 88.5 cm³/mol. The molecule has 1 aromatic heterocycles. The molecule has 2 rings (SSSR count). The molecule has 1 heterocycles. The quantitative estimate of drug-likeness (QED) is 0.738. The van der Waals surface area contributed by atoms with Crippen LogP contribution in [-0.4, -0.2) is 22.2 Å². The molecule has 0 fully saturated rings. The number of nitrogens with one attached hydrogen (secondary N) is 1. The van der Waals surface area contributed by atoms with Crippen LogP contribution >= 0.6 is 15.9 Å². The highest BCUT2D eigenvalue weighted by molar-refractivity contribution is 9.10. The Balaban J connectivity index is 1.77. The van der Waals surface area contributed by atoms with Gasteiger partial charge in [-0.05, 0) is 40.0 Å². The fraction of sp³-hybridized carbons (Fsp3) is 0.438. The summed E-state index contributed by atoms with van der Waals surface area (Å²) >= 11 is 3.58. The van der Waals surface area contributed by atoms with Gasteiger partial charge in [0.2, 0.25) is 0 Å². The third-order valence-corrected chi connectivity index (χ3v) is 3.71. The Kier molecular flexibility index (Phi) is 6.26. The molecular formula is C16H22BrN3O. The van der Waals surface area contributed by atoms with E-state index in [4.69, 9.17) is 4.74 Å². The van der Waals surface area contributed by atoms with Crippen LogP contribution in [0.4, 0.5) is 0 Å². The van der Waals surface area contributed by atoms with Gasteiger partial charge in [-0.3, -0.25) is 0 Å². The monoisotopic (exact) mass is 351 g/mol. The first-order valence-electron chi connectivity index (χ1n) is 7.25. The van der Waals surface area contributed by atoms with Crippen molar-refractivity contribution < 1.29 is 4.74 Å². The van der Waals surface area contributed by atoms with Crippen LogP contribution in [-0.2, 0) is 13.1 Å². The van der Waals surface area contributed by atoms with Crippen molar-refractivity contribution in [2.45, 2.75) is 39.4 Å². The molecule has 2 aromatic rings. The zero-order chi connectivity index (χ0) is 15.1. The SMILES string of the molecule is CC(C)NCc1ccc(OCCCn2ccnc2)c(Br)c1. The van der Waals surface area contributed by atoms with Crippen molar-refractivity contribution in [1.29, 1.82) is 0 Å². The second-order valence-corrected chi connectivity index (χ2v) is 6.16. The highest BCUT2D eigenvalue weighted by Crippen LogP contribution is 2.26. The van der Waals surface area contributed by atoms with E-state index >= 15 is 0 Å². The van der Waals surface area contributed by atoms with Gasteiger partial charge in [-0.2, -0.15) is 0 Å². The smallest absolute Gasteiger partial charge is 0.133 e. The number of aryl methyl sites for hydroxylation is 1. The molecule has 4 nitrogen and oxygen atoms in total. The molecule has 0 amide bonds. The van der Waals surface area contributed by atoms with E-state index < -0.39 is 0 Å². The summed E-state index contributed by atoms with van der Waals surface area (Å²) in [4.78, 5) is 4.02. The molecule has 0 atom stereocenters. The van der Waals surface area contributed by atoms with Crippen molar-refractivity contribution in [1.82, 2.24) is 14.9 Å². The van der Waals surface area contributed by atoms with Crippen LogP contribution in [0.5, 0.6) is 5.75 Å². The standard InChI is InChI=1S/C16H22BrN3O/c1-13(2)19-11-14-4-5-16(15(17)10-14)21-9-3-7-20-8-6-18-12-20/h4-6,8,10,12-13,19H,3,7,9,11H2,1-2H3. The molecule has 0 unspecified atom stereocenters. The first-order valence-corrected chi connectivity index (χ1v) is 8.05. The molecule has 1 N–H and O–H groups in total. The summed E-state index contributed by atoms with van der Waals surface area (Å²) in [6.07, 6.45) is 6.54. The van der Waals surface area contributed by atoms with Crippen LogP contribution in [0.1, 0.15) is 25.8 Å². The Morgan fingerprint density at radius 1 is 1.38 bits per heavy atom. The molecule has 1 aromatic carbocycles. The number of ether oxygens (including phenoxy) is 1. The summed E-state index contributed by atoms with van der Waals surface area (Å²) < 4.78 is 8.88. The first kappa shape index (κ1) is 16.0. The van der Waals surface area contributed by atoms with Gasteiger partial charge in [-0.25, -0.2) is 4.98 Å². The average Bonchev–Trinajstić information content (AvgIpc) is 2.96. The number of nitrogens with zero attached hydrogens (tertiary/aromatic N) is 2. The number of halogens is 1. The van der Waals surface area contributed by atoms with Crippen LogP contribution in [0.15, 0.2) is 41.4 Å². The van der Waals surface area contributed by atoms with E-state index in [0.29, 0.717) is 12.6 Å². The minimum absolute atomic E-state index is 0.489. The van der Waals surface area contributed by atoms with Gasteiger partial charge in [0.15, 0.2) is 0 Å². The largest absolute Gasteiger partial charge is 0.492 e. The maximum atomic E-state index is 5.81. The van der Waals surface area contributed by atoms with Gasteiger partial charge in [0.25, 0.3) is 0 Å². The third-order valence-electron chi connectivity index (χ3n) is 3.09. The lowest BCUT2D eigenvalue weighted by atomic mass is 10.2. The lowest BCUT2D eigenvalue weighted by Gasteiger charge is -2.12. The predicted octanol–water partition coefficient (Wildman–Crippen LogP) is 3.61. The first-order chi connectivity index (χ1) is 10.1. The molecule has 0 spiro atoms. The molecule has 114 valence electrons. The summed E-state index contributed by atoms with van der Waals surface area (Å²) in [6, 6.07) is 6.73. The van der Waals surface area contributed by atoms with Gasteiger partial charge in [0, 0.05) is 31.5 Å². The lowest BCUT2D eigenvalue weighted by molar-refractivity contribution is 0.300. The number of aromatic nitrogens is 2. The van der Waals surface area contributed by atoms with E-state index in [9.17, 15) is 0 Å². The van der Waals surface area contributed by atoms with E-state index in [2.05, 4.69) is 56.8 Å². The summed E-state index contributed by atoms with van der Waals surface area (Å²) in [6.45, 7) is 6.78. The Bertz CT molecular complexity index is 540. The van der Waals surface area contributed by atoms with Crippen LogP contribution in [0.2, 0.25) is 0 Å². The van der Waals surface area contributed by atoms with Gasteiger partial charge in [0.05, 0.1) is 17.4 Å². The second-order valence-electron chi connectivity index (χ2n) is 5.30. The maximum absolute atomic E-state index is 5.81. The minimum Gasteiger partial charge on any atom is -0.492 e. The topological polar surface area (TPSA) is 39.1 Å². The molecule has 0 aliphatic heterocycles. The average molecular weight is 352 g/mol. The molecule has 0 radical (unpaired) electrons. The maximum Gasteiger partial charge on any atom is 0.133 e. The van der Waals surface area contributed by atoms with Gasteiger partial charge < -0.3 is 14.6 Å². The molecule has 0 aliphatic carbocycles. The van der Waals surface area contributed by atoms with Crippen LogP contribution in [0, 0.1) is 0 Å². The van der Waals surface area contributed by atoms with Crippen molar-refractivity contribution in [3.63, 3.8) is 0 Å². The third kappa shape index (κ3) is 5.52. The summed E-state index contributed by atoms with van der Waals surface area (Å²) in [7, 11) is 0. The summed E-state index contributed by atoms with van der Waals surface area (Å²) in [5, 5.41) is 3.41. The van der Waals surface area contributed by atoms with Crippen LogP contribution in [0.3, 0.4) is 0 Å². The normalized spacial score (nSPS) is 11.0. The fourth-order valence-corrected chi connectivity index (χ4v) is 2.48. The van der Waals surface area contributed by atoms with Gasteiger partial charge in [-0.15, -0.1) is 0 Å². The Hall–Kier alpha value is -1.33. The molecular weight excluding hydrogens is 330 g/mol. The van der Waals surface area contributed by atoms with Gasteiger partial charge in [0.1, 0.15) is 5.75 Å². The number of imidazole rings is 1. The van der Waals surface area contributed by atoms with Crippen molar-refractivity contribution >= 4 is 15.9 Å². The molecule has 0 aliphatic rings. The summed E-state index contributed by atoms with van der Waals surface area (Å²) in [5.41, 5.74) is 1.25. The van der Waals surface area contributed by atoms with E-state index in [-0.39, 0.29) is 0 Å². The van der Waals surface area contributed by atoms with Crippen molar-refractivity contribution in [2.75, 3.05) is 6.61 Å². The van der Waals surface area contributed by atoms with Crippen molar-refractivity contribution in [2.24, 2.45) is 0 Å². The Morgan fingerprint density at radius 3 is 2.90 bits per heavy atom. The minimum atomic E-state index is 0.489. The number of rotatable bonds is 8. The van der Waals surface area contributed by atoms with Crippen LogP contribution < -0.4 is 10.1 Å². The number of benzene rings is 1. The van der Waals surface area contributed by atoms with Crippen molar-refractivity contribution in [3.8, 4) is 5.75 Å². The lowest BCUT2D eigenvalue weighted by Crippen LogP contribution is -2.21. The van der Waals surface area contributed by atoms with Gasteiger partial charge in [-0.1, -0.05) is 19.9 Å². The van der Waals surface area contributed by atoms with E-state index in [1.807, 2.05) is 18.6 Å². The Morgan fingerprint density at radius 2 is 2.24 bits per heavy atom. The molecule has 0 saturated carbocycles. The second kappa shape index (κ2) is 8.20. The molecule has 0 bridgehead atoms. The molecule has 21 heavy (non-hydrogen) atoms. The fourth-order valence-electron chi connectivity index (χ4n) is 1.94. The van der Waals surface area contributed by atoms with Gasteiger partial charge >= 0.3 is 0 Å². The van der Waals surface area contributed by atoms with E-state index in [1.165, 1.54) is 5.56 Å². The number of hydrogen-bond donors (Lipinski definition) is 1. The van der Waals surface area contributed by atoms with Crippen LogP contribution in [0.25, 0.3) is 0 Å². The van der Waals surface area contributed by atoms with E-state index in [1.54, 1.807) is 6.20 Å². The summed E-state index contributed by atoms with van der Waals surface area (Å²) in [5.74, 6) is 0.897. The highest BCUT2D eigenvalue weighted by atomic mass is 79.9. The molecule has 0 saturated heterocycles. The number of hydrogen-bond acceptors (Lipinski definition) is 3. The van der Waals surface area contributed by atoms with E-state index in [0.717, 1.165) is 29.7 Å². The highest BCUT2D eigenvalue weighted by Gasteiger charge is 2.03. The van der Waals surface area contributed by atoms with Crippen molar-refractivity contribution in [3.05, 3.63) is 47.0 Å². The molecule has 5 heteroatoms. The zero-order valence-electron chi connectivity index (χ0n) is 12.6.